The fourth-order valence-corrected chi connectivity index (χ4v) is 5.27. The number of hydrogen-bond donors (Lipinski definition) is 0. The molecule has 3 nitrogen and oxygen atoms in total. The van der Waals surface area contributed by atoms with Crippen molar-refractivity contribution in [3.05, 3.63) is 60.2 Å². The van der Waals surface area contributed by atoms with Crippen molar-refractivity contribution >= 4 is 8.80 Å². The van der Waals surface area contributed by atoms with Crippen LogP contribution in [0.4, 0.5) is 0 Å². The van der Waals surface area contributed by atoms with Crippen LogP contribution in [0.25, 0.3) is 11.1 Å². The van der Waals surface area contributed by atoms with Gasteiger partial charge in [0.05, 0.1) is 0 Å². The maximum absolute atomic E-state index is 5.95. The van der Waals surface area contributed by atoms with Gasteiger partial charge in [0, 0.05) is 25.9 Å². The molecule has 0 atom stereocenters. The molecule has 23 heavy (non-hydrogen) atoms. The Balaban J connectivity index is 2.26. The summed E-state index contributed by atoms with van der Waals surface area (Å²) in [5.74, 6) is 0. The zero-order valence-electron chi connectivity index (χ0n) is 14.2. The molecule has 0 spiro atoms. The molecule has 0 heterocycles. The molecular weight excluding hydrogens is 304 g/mol. The zero-order valence-corrected chi connectivity index (χ0v) is 15.2. The highest BCUT2D eigenvalue weighted by Crippen LogP contribution is 2.23. The highest BCUT2D eigenvalue weighted by molar-refractivity contribution is 6.60. The molecule has 0 aromatic heterocycles. The van der Waals surface area contributed by atoms with Gasteiger partial charge < -0.3 is 13.3 Å². The van der Waals surface area contributed by atoms with E-state index in [-0.39, 0.29) is 0 Å². The first-order valence-corrected chi connectivity index (χ1v) is 10.2. The van der Waals surface area contributed by atoms with Crippen molar-refractivity contribution < 1.29 is 13.3 Å². The van der Waals surface area contributed by atoms with Gasteiger partial charge in [0.25, 0.3) is 0 Å². The van der Waals surface area contributed by atoms with Crippen LogP contribution in [0.5, 0.6) is 0 Å². The third-order valence-corrected chi connectivity index (χ3v) is 6.57. The van der Waals surface area contributed by atoms with Gasteiger partial charge in [-0.1, -0.05) is 54.6 Å². The molecule has 0 aliphatic heterocycles. The second kappa shape index (κ2) is 8.98. The van der Waals surface area contributed by atoms with Gasteiger partial charge in [-0.3, -0.25) is 0 Å². The molecule has 2 rings (SSSR count). The van der Waals surface area contributed by atoms with Crippen LogP contribution in [0.2, 0.25) is 0 Å². The van der Waals surface area contributed by atoms with Crippen molar-refractivity contribution in [1.82, 2.24) is 0 Å². The minimum absolute atomic E-state index is 0.602. The average molecular weight is 331 g/mol. The molecule has 0 aliphatic carbocycles. The molecule has 4 heteroatoms. The highest BCUT2D eigenvalue weighted by Gasteiger charge is 2.40. The number of rotatable bonds is 9. The van der Waals surface area contributed by atoms with E-state index in [1.165, 1.54) is 16.7 Å². The van der Waals surface area contributed by atoms with Gasteiger partial charge >= 0.3 is 8.80 Å². The first-order chi connectivity index (χ1) is 11.2. The van der Waals surface area contributed by atoms with E-state index in [4.69, 9.17) is 13.3 Å². The normalized spacial score (nSPS) is 11.6. The third kappa shape index (κ3) is 5.01. The Labute approximate surface area is 140 Å². The molecule has 2 aromatic carbocycles. The Hall–Kier alpha value is -1.46. The molecule has 0 unspecified atom stereocenters. The average Bonchev–Trinajstić information content (AvgIpc) is 2.57. The van der Waals surface area contributed by atoms with Crippen molar-refractivity contribution in [2.45, 2.75) is 26.8 Å². The van der Waals surface area contributed by atoms with E-state index >= 15 is 0 Å². The van der Waals surface area contributed by atoms with Crippen LogP contribution in [-0.2, 0) is 19.3 Å². The highest BCUT2D eigenvalue weighted by atomic mass is 28.4. The zero-order chi connectivity index (χ0) is 16.5. The smallest absolute Gasteiger partial charge is 0.374 e. The van der Waals surface area contributed by atoms with Crippen molar-refractivity contribution in [3.63, 3.8) is 0 Å². The van der Waals surface area contributed by atoms with E-state index in [0.717, 1.165) is 0 Å². The largest absolute Gasteiger partial charge is 0.505 e. The van der Waals surface area contributed by atoms with Crippen LogP contribution >= 0.6 is 0 Å². The van der Waals surface area contributed by atoms with Gasteiger partial charge in [-0.05, 0) is 37.5 Å². The Bertz CT molecular complexity index is 569. The summed E-state index contributed by atoms with van der Waals surface area (Å²) in [4.78, 5) is 0. The summed E-state index contributed by atoms with van der Waals surface area (Å²) in [7, 11) is -2.66. The molecule has 0 N–H and O–H groups in total. The first kappa shape index (κ1) is 17.9. The second-order valence-electron chi connectivity index (χ2n) is 5.23. The van der Waals surface area contributed by atoms with Crippen LogP contribution in [-0.4, -0.2) is 28.6 Å². The summed E-state index contributed by atoms with van der Waals surface area (Å²) < 4.78 is 17.9. The quantitative estimate of drug-likeness (QED) is 0.634. The van der Waals surface area contributed by atoms with Crippen LogP contribution in [0.15, 0.2) is 54.6 Å². The first-order valence-electron chi connectivity index (χ1n) is 8.29. The molecule has 0 aliphatic rings. The lowest BCUT2D eigenvalue weighted by Crippen LogP contribution is -2.48. The summed E-state index contributed by atoms with van der Waals surface area (Å²) in [6.45, 7) is 7.76. The molecule has 0 saturated heterocycles. The topological polar surface area (TPSA) is 27.7 Å². The van der Waals surface area contributed by atoms with Crippen molar-refractivity contribution in [2.75, 3.05) is 19.8 Å². The van der Waals surface area contributed by atoms with Gasteiger partial charge in [0.15, 0.2) is 0 Å². The van der Waals surface area contributed by atoms with Crippen LogP contribution < -0.4 is 0 Å². The summed E-state index contributed by atoms with van der Waals surface area (Å²) in [6.07, 6.45) is 0. The standard InChI is InChI=1S/C19H26O3Si/c1-4-20-23(21-5-2,22-6-3)16-17-11-10-14-19(15-17)18-12-8-7-9-13-18/h7-15H,4-6,16H2,1-3H3. The Morgan fingerprint density at radius 2 is 1.26 bits per heavy atom. The lowest BCUT2D eigenvalue weighted by Gasteiger charge is -2.28. The van der Waals surface area contributed by atoms with E-state index in [0.29, 0.717) is 25.9 Å². The molecule has 0 saturated carbocycles. The molecule has 0 fully saturated rings. The van der Waals surface area contributed by atoms with E-state index in [1.807, 2.05) is 26.8 Å². The fraction of sp³-hybridized carbons (Fsp3) is 0.368. The van der Waals surface area contributed by atoms with Crippen molar-refractivity contribution in [2.24, 2.45) is 0 Å². The second-order valence-corrected chi connectivity index (χ2v) is 7.81. The van der Waals surface area contributed by atoms with Crippen LogP contribution in [0, 0.1) is 0 Å². The lowest BCUT2D eigenvalue weighted by atomic mass is 10.0. The minimum atomic E-state index is -2.66. The molecule has 0 amide bonds. The Kier molecular flexibility index (Phi) is 6.99. The number of hydrogen-bond acceptors (Lipinski definition) is 3. The Morgan fingerprint density at radius 1 is 0.696 bits per heavy atom. The predicted octanol–water partition coefficient (Wildman–Crippen LogP) is 4.48. The predicted molar refractivity (Wildman–Crippen MR) is 96.2 cm³/mol. The fourth-order valence-electron chi connectivity index (χ4n) is 2.68. The van der Waals surface area contributed by atoms with E-state index in [2.05, 4.69) is 48.5 Å². The monoisotopic (exact) mass is 330 g/mol. The maximum Gasteiger partial charge on any atom is 0.505 e. The molecule has 2 aromatic rings. The SMILES string of the molecule is CCO[Si](Cc1cccc(-c2ccccc2)c1)(OCC)OCC. The summed E-state index contributed by atoms with van der Waals surface area (Å²) in [6, 6.07) is 19.6. The molecule has 0 bridgehead atoms. The van der Waals surface area contributed by atoms with Gasteiger partial charge in [0.1, 0.15) is 0 Å². The van der Waals surface area contributed by atoms with E-state index in [9.17, 15) is 0 Å². The van der Waals surface area contributed by atoms with Crippen LogP contribution in [0.1, 0.15) is 26.3 Å². The summed E-state index contributed by atoms with van der Waals surface area (Å²) in [5.41, 5.74) is 3.61. The third-order valence-electron chi connectivity index (χ3n) is 3.55. The van der Waals surface area contributed by atoms with Gasteiger partial charge in [-0.25, -0.2) is 0 Å². The lowest BCUT2D eigenvalue weighted by molar-refractivity contribution is 0.0704. The maximum atomic E-state index is 5.95. The summed E-state index contributed by atoms with van der Waals surface area (Å²) >= 11 is 0. The van der Waals surface area contributed by atoms with Gasteiger partial charge in [0.2, 0.25) is 0 Å². The minimum Gasteiger partial charge on any atom is -0.374 e. The van der Waals surface area contributed by atoms with E-state index in [1.54, 1.807) is 0 Å². The van der Waals surface area contributed by atoms with E-state index < -0.39 is 8.80 Å². The Morgan fingerprint density at radius 3 is 1.83 bits per heavy atom. The van der Waals surface area contributed by atoms with Crippen molar-refractivity contribution in [3.8, 4) is 11.1 Å². The van der Waals surface area contributed by atoms with Crippen LogP contribution in [0.3, 0.4) is 0 Å². The molecule has 124 valence electrons. The number of benzene rings is 2. The van der Waals surface area contributed by atoms with Crippen molar-refractivity contribution in [1.29, 1.82) is 0 Å². The molecule has 0 radical (unpaired) electrons. The molecular formula is C19H26O3Si. The van der Waals surface area contributed by atoms with Gasteiger partial charge in [-0.15, -0.1) is 0 Å². The van der Waals surface area contributed by atoms with Gasteiger partial charge in [-0.2, -0.15) is 0 Å². The summed E-state index contributed by atoms with van der Waals surface area (Å²) in [5, 5.41) is 0.